The molecule has 1 unspecified atom stereocenters. The molecule has 0 radical (unpaired) electrons. The summed E-state index contributed by atoms with van der Waals surface area (Å²) in [5.41, 5.74) is 0.922. The van der Waals surface area contributed by atoms with E-state index in [2.05, 4.69) is 24.1 Å². The molecule has 1 aromatic heterocycles. The highest BCUT2D eigenvalue weighted by molar-refractivity contribution is 6.34. The number of rotatable bonds is 8. The minimum atomic E-state index is 0.237. The lowest BCUT2D eigenvalue weighted by Gasteiger charge is -2.19. The fourth-order valence-corrected chi connectivity index (χ4v) is 2.45. The van der Waals surface area contributed by atoms with Crippen LogP contribution in [-0.4, -0.2) is 11.5 Å². The Kier molecular flexibility index (Phi) is 7.64. The highest BCUT2D eigenvalue weighted by Crippen LogP contribution is 2.27. The smallest absolute Gasteiger partial charge is 0.0760 e. The Bertz CT molecular complexity index is 356. The molecule has 1 N–H and O–H groups in total. The van der Waals surface area contributed by atoms with E-state index in [0.717, 1.165) is 25.1 Å². The molecule has 0 saturated heterocycles. The first-order valence-corrected chi connectivity index (χ1v) is 7.49. The van der Waals surface area contributed by atoms with Crippen LogP contribution in [0.5, 0.6) is 0 Å². The summed E-state index contributed by atoms with van der Waals surface area (Å²) in [6.07, 6.45) is 7.51. The van der Waals surface area contributed by atoms with Crippen LogP contribution >= 0.6 is 23.2 Å². The summed E-state index contributed by atoms with van der Waals surface area (Å²) in [6.45, 7) is 5.35. The van der Waals surface area contributed by atoms with Gasteiger partial charge in [-0.15, -0.1) is 0 Å². The minimum absolute atomic E-state index is 0.237. The van der Waals surface area contributed by atoms with E-state index in [-0.39, 0.29) is 6.04 Å². The zero-order valence-electron chi connectivity index (χ0n) is 11.2. The second-order valence-corrected chi connectivity index (χ2v) is 5.37. The fraction of sp³-hybridized carbons (Fsp3) is 0.643. The van der Waals surface area contributed by atoms with Crippen LogP contribution in [0, 0.1) is 0 Å². The number of nitrogens with zero attached hydrogens (tertiary/aromatic N) is 1. The van der Waals surface area contributed by atoms with E-state index in [1.54, 1.807) is 12.3 Å². The van der Waals surface area contributed by atoms with Crippen molar-refractivity contribution in [1.82, 2.24) is 10.3 Å². The number of pyridine rings is 1. The molecule has 0 spiro atoms. The third-order valence-corrected chi connectivity index (χ3v) is 3.41. The van der Waals surface area contributed by atoms with E-state index >= 15 is 0 Å². The van der Waals surface area contributed by atoms with Crippen LogP contribution in [0.1, 0.15) is 57.7 Å². The van der Waals surface area contributed by atoms with Gasteiger partial charge >= 0.3 is 0 Å². The summed E-state index contributed by atoms with van der Waals surface area (Å²) in [5, 5.41) is 4.76. The van der Waals surface area contributed by atoms with Crippen molar-refractivity contribution in [2.45, 2.75) is 52.0 Å². The van der Waals surface area contributed by atoms with Crippen molar-refractivity contribution in [3.63, 3.8) is 0 Å². The quantitative estimate of drug-likeness (QED) is 0.680. The number of halogens is 2. The molecule has 1 aromatic rings. The molecule has 102 valence electrons. The van der Waals surface area contributed by atoms with Gasteiger partial charge in [0.05, 0.1) is 21.8 Å². The molecule has 0 aliphatic heterocycles. The first-order valence-electron chi connectivity index (χ1n) is 6.73. The Balaban J connectivity index is 2.73. The minimum Gasteiger partial charge on any atom is -0.309 e. The van der Waals surface area contributed by atoms with Crippen LogP contribution in [0.25, 0.3) is 0 Å². The average molecular weight is 289 g/mol. The summed E-state index contributed by atoms with van der Waals surface area (Å²) >= 11 is 12.1. The van der Waals surface area contributed by atoms with Crippen LogP contribution in [0.15, 0.2) is 12.3 Å². The molecular weight excluding hydrogens is 267 g/mol. The molecule has 2 nitrogen and oxygen atoms in total. The fourth-order valence-electron chi connectivity index (χ4n) is 1.93. The average Bonchev–Trinajstić information content (AvgIpc) is 2.34. The number of hydrogen-bond acceptors (Lipinski definition) is 2. The van der Waals surface area contributed by atoms with E-state index in [4.69, 9.17) is 23.2 Å². The van der Waals surface area contributed by atoms with E-state index in [9.17, 15) is 0 Å². The summed E-state index contributed by atoms with van der Waals surface area (Å²) in [7, 11) is 0. The normalized spacial score (nSPS) is 12.7. The van der Waals surface area contributed by atoms with E-state index in [1.165, 1.54) is 19.3 Å². The van der Waals surface area contributed by atoms with Crippen molar-refractivity contribution in [2.75, 3.05) is 6.54 Å². The lowest BCUT2D eigenvalue weighted by Crippen LogP contribution is -2.23. The van der Waals surface area contributed by atoms with E-state index in [1.807, 2.05) is 0 Å². The van der Waals surface area contributed by atoms with Crippen molar-refractivity contribution in [1.29, 1.82) is 0 Å². The Hall–Kier alpha value is -0.310. The van der Waals surface area contributed by atoms with E-state index < -0.39 is 0 Å². The maximum absolute atomic E-state index is 6.23. The monoisotopic (exact) mass is 288 g/mol. The van der Waals surface area contributed by atoms with Crippen molar-refractivity contribution in [3.8, 4) is 0 Å². The molecule has 0 bridgehead atoms. The van der Waals surface area contributed by atoms with Crippen LogP contribution in [0.2, 0.25) is 10.0 Å². The molecule has 0 saturated carbocycles. The van der Waals surface area contributed by atoms with Gasteiger partial charge in [0.15, 0.2) is 0 Å². The van der Waals surface area contributed by atoms with Crippen LogP contribution in [0.3, 0.4) is 0 Å². The van der Waals surface area contributed by atoms with Gasteiger partial charge in [-0.3, -0.25) is 4.98 Å². The Morgan fingerprint density at radius 2 is 2.00 bits per heavy atom. The molecule has 1 heterocycles. The summed E-state index contributed by atoms with van der Waals surface area (Å²) in [4.78, 5) is 4.38. The maximum atomic E-state index is 6.23. The third kappa shape index (κ3) is 5.13. The van der Waals surface area contributed by atoms with Crippen LogP contribution in [0.4, 0.5) is 0 Å². The molecular formula is C14H22Cl2N2. The second-order valence-electron chi connectivity index (χ2n) is 4.52. The van der Waals surface area contributed by atoms with Crippen molar-refractivity contribution in [2.24, 2.45) is 0 Å². The first kappa shape index (κ1) is 15.7. The van der Waals surface area contributed by atoms with Gasteiger partial charge in [0.1, 0.15) is 0 Å². The van der Waals surface area contributed by atoms with Gasteiger partial charge in [0.2, 0.25) is 0 Å². The zero-order valence-corrected chi connectivity index (χ0v) is 12.7. The SMILES string of the molecule is CCCCCC(NCCC)c1ncc(Cl)cc1Cl. The van der Waals surface area contributed by atoms with Gasteiger partial charge in [0, 0.05) is 6.20 Å². The third-order valence-electron chi connectivity index (χ3n) is 2.90. The topological polar surface area (TPSA) is 24.9 Å². The predicted molar refractivity (Wildman–Crippen MR) is 79.4 cm³/mol. The predicted octanol–water partition coefficient (Wildman–Crippen LogP) is 5.01. The van der Waals surface area contributed by atoms with Crippen molar-refractivity contribution in [3.05, 3.63) is 28.0 Å². The number of unbranched alkanes of at least 4 members (excludes halogenated alkanes) is 2. The van der Waals surface area contributed by atoms with Gasteiger partial charge < -0.3 is 5.32 Å². The first-order chi connectivity index (χ1) is 8.69. The largest absolute Gasteiger partial charge is 0.309 e. The van der Waals surface area contributed by atoms with Gasteiger partial charge in [-0.2, -0.15) is 0 Å². The van der Waals surface area contributed by atoms with Crippen LogP contribution < -0.4 is 5.32 Å². The maximum Gasteiger partial charge on any atom is 0.0760 e. The van der Waals surface area contributed by atoms with Crippen molar-refractivity contribution < 1.29 is 0 Å². The summed E-state index contributed by atoms with van der Waals surface area (Å²) in [5.74, 6) is 0. The summed E-state index contributed by atoms with van der Waals surface area (Å²) < 4.78 is 0. The Morgan fingerprint density at radius 3 is 2.61 bits per heavy atom. The molecule has 0 aliphatic carbocycles. The summed E-state index contributed by atoms with van der Waals surface area (Å²) in [6, 6.07) is 2.01. The standard InChI is InChI=1S/C14H22Cl2N2/c1-3-5-6-7-13(17-8-4-2)14-12(16)9-11(15)10-18-14/h9-10,13,17H,3-8H2,1-2H3. The molecule has 1 rings (SSSR count). The van der Waals surface area contributed by atoms with E-state index in [0.29, 0.717) is 10.0 Å². The molecule has 0 aliphatic rings. The highest BCUT2D eigenvalue weighted by atomic mass is 35.5. The Morgan fingerprint density at radius 1 is 1.22 bits per heavy atom. The number of aromatic nitrogens is 1. The molecule has 0 aromatic carbocycles. The molecule has 18 heavy (non-hydrogen) atoms. The molecule has 0 amide bonds. The Labute approximate surface area is 120 Å². The number of hydrogen-bond donors (Lipinski definition) is 1. The van der Waals surface area contributed by atoms with Gasteiger partial charge in [-0.25, -0.2) is 0 Å². The molecule has 0 fully saturated rings. The van der Waals surface area contributed by atoms with Gasteiger partial charge in [0.25, 0.3) is 0 Å². The van der Waals surface area contributed by atoms with Crippen molar-refractivity contribution >= 4 is 23.2 Å². The lowest BCUT2D eigenvalue weighted by atomic mass is 10.0. The second kappa shape index (κ2) is 8.73. The van der Waals surface area contributed by atoms with Gasteiger partial charge in [-0.05, 0) is 25.5 Å². The molecule has 4 heteroatoms. The van der Waals surface area contributed by atoms with Gasteiger partial charge in [-0.1, -0.05) is 56.3 Å². The van der Waals surface area contributed by atoms with Crippen LogP contribution in [-0.2, 0) is 0 Å². The molecule has 1 atom stereocenters. The number of nitrogens with one attached hydrogen (secondary N) is 1. The zero-order chi connectivity index (χ0) is 13.4. The lowest BCUT2D eigenvalue weighted by molar-refractivity contribution is 0.466. The highest BCUT2D eigenvalue weighted by Gasteiger charge is 2.15.